The summed E-state index contributed by atoms with van der Waals surface area (Å²) in [5.41, 5.74) is 0.975. The van der Waals surface area contributed by atoms with Crippen molar-refractivity contribution < 1.29 is 17.9 Å². The summed E-state index contributed by atoms with van der Waals surface area (Å²) in [6, 6.07) is 7.30. The second-order valence-electron chi connectivity index (χ2n) is 4.18. The molecule has 19 heavy (non-hydrogen) atoms. The third-order valence-electron chi connectivity index (χ3n) is 2.68. The summed E-state index contributed by atoms with van der Waals surface area (Å²) < 4.78 is 42.1. The van der Waals surface area contributed by atoms with E-state index in [1.165, 1.54) is 4.90 Å². The topological polar surface area (TPSA) is 12.5 Å². The lowest BCUT2D eigenvalue weighted by Gasteiger charge is -2.22. The molecule has 0 N–H and O–H groups in total. The number of rotatable bonds is 7. The predicted molar refractivity (Wildman–Crippen MR) is 69.9 cm³/mol. The van der Waals surface area contributed by atoms with Crippen molar-refractivity contribution in [2.24, 2.45) is 0 Å². The van der Waals surface area contributed by atoms with Crippen LogP contribution in [0.1, 0.15) is 5.56 Å². The van der Waals surface area contributed by atoms with E-state index in [0.29, 0.717) is 13.0 Å². The van der Waals surface area contributed by atoms with Crippen LogP contribution in [0, 0.1) is 0 Å². The molecule has 6 heteroatoms. The molecule has 0 aliphatic heterocycles. The highest BCUT2D eigenvalue weighted by Crippen LogP contribution is 2.17. The molecule has 108 valence electrons. The third kappa shape index (κ3) is 6.68. The lowest BCUT2D eigenvalue weighted by Crippen LogP contribution is -2.37. The van der Waals surface area contributed by atoms with Gasteiger partial charge in [-0.3, -0.25) is 4.90 Å². The van der Waals surface area contributed by atoms with Crippen molar-refractivity contribution in [3.8, 4) is 5.75 Å². The van der Waals surface area contributed by atoms with Gasteiger partial charge in [-0.25, -0.2) is 0 Å². The Morgan fingerprint density at radius 1 is 1.16 bits per heavy atom. The second-order valence-corrected chi connectivity index (χ2v) is 4.56. The molecular formula is C13H17ClF3NO. The molecule has 1 rings (SSSR count). The highest BCUT2D eigenvalue weighted by molar-refractivity contribution is 6.18. The van der Waals surface area contributed by atoms with Gasteiger partial charge < -0.3 is 4.74 Å². The van der Waals surface area contributed by atoms with E-state index in [1.807, 2.05) is 12.1 Å². The van der Waals surface area contributed by atoms with Crippen LogP contribution >= 0.6 is 11.6 Å². The average Bonchev–Trinajstić information content (AvgIpc) is 2.35. The highest BCUT2D eigenvalue weighted by atomic mass is 35.5. The van der Waals surface area contributed by atoms with Gasteiger partial charge in [0.05, 0.1) is 13.7 Å². The molecule has 2 nitrogen and oxygen atoms in total. The van der Waals surface area contributed by atoms with Crippen LogP contribution in [-0.4, -0.2) is 43.7 Å². The number of methoxy groups -OCH3 is 1. The van der Waals surface area contributed by atoms with Crippen LogP contribution in [0.3, 0.4) is 0 Å². The highest BCUT2D eigenvalue weighted by Gasteiger charge is 2.30. The van der Waals surface area contributed by atoms with E-state index >= 15 is 0 Å². The minimum absolute atomic E-state index is 0.193. The maximum absolute atomic E-state index is 12.4. The molecule has 0 spiro atoms. The zero-order valence-corrected chi connectivity index (χ0v) is 11.5. The van der Waals surface area contributed by atoms with Crippen molar-refractivity contribution in [3.63, 3.8) is 0 Å². The number of alkyl halides is 4. The van der Waals surface area contributed by atoms with E-state index in [1.54, 1.807) is 19.2 Å². The summed E-state index contributed by atoms with van der Waals surface area (Å²) in [6.45, 7) is -0.356. The smallest absolute Gasteiger partial charge is 0.401 e. The summed E-state index contributed by atoms with van der Waals surface area (Å²) in [4.78, 5) is 1.32. The molecule has 0 bridgehead atoms. The Bertz CT molecular complexity index is 367. The molecule has 0 heterocycles. The van der Waals surface area contributed by atoms with Gasteiger partial charge in [0.25, 0.3) is 0 Å². The predicted octanol–water partition coefficient (Wildman–Crippen LogP) is 3.34. The summed E-state index contributed by atoms with van der Waals surface area (Å²) in [7, 11) is 1.57. The standard InChI is InChI=1S/C13H17ClF3NO/c1-19-12-4-2-11(3-5-12)6-8-18(9-7-14)10-13(15,16)17/h2-5H,6-10H2,1H3. The Hall–Kier alpha value is -0.940. The Balaban J connectivity index is 2.50. The first kappa shape index (κ1) is 16.1. The van der Waals surface area contributed by atoms with Gasteiger partial charge in [-0.1, -0.05) is 12.1 Å². The molecule has 0 aromatic heterocycles. The van der Waals surface area contributed by atoms with Gasteiger partial charge in [-0.05, 0) is 24.1 Å². The zero-order chi connectivity index (χ0) is 14.3. The fourth-order valence-corrected chi connectivity index (χ4v) is 1.96. The van der Waals surface area contributed by atoms with Crippen LogP contribution in [-0.2, 0) is 6.42 Å². The normalized spacial score (nSPS) is 11.9. The molecule has 0 aliphatic rings. The second kappa shape index (κ2) is 7.60. The van der Waals surface area contributed by atoms with Crippen molar-refractivity contribution in [2.75, 3.05) is 32.6 Å². The van der Waals surface area contributed by atoms with E-state index in [0.717, 1.165) is 11.3 Å². The molecule has 0 unspecified atom stereocenters. The first-order valence-corrected chi connectivity index (χ1v) is 6.46. The molecule has 1 aromatic carbocycles. The van der Waals surface area contributed by atoms with Crippen molar-refractivity contribution in [1.82, 2.24) is 4.90 Å². The van der Waals surface area contributed by atoms with E-state index in [-0.39, 0.29) is 12.4 Å². The Morgan fingerprint density at radius 2 is 1.79 bits per heavy atom. The van der Waals surface area contributed by atoms with Crippen LogP contribution in [0.15, 0.2) is 24.3 Å². The molecule has 0 atom stereocenters. The third-order valence-corrected chi connectivity index (χ3v) is 2.85. The summed E-state index contributed by atoms with van der Waals surface area (Å²) in [6.07, 6.45) is -3.64. The Morgan fingerprint density at radius 3 is 2.26 bits per heavy atom. The van der Waals surface area contributed by atoms with E-state index in [9.17, 15) is 13.2 Å². The van der Waals surface area contributed by atoms with Crippen molar-refractivity contribution in [2.45, 2.75) is 12.6 Å². The number of hydrogen-bond donors (Lipinski definition) is 0. The van der Waals surface area contributed by atoms with Crippen molar-refractivity contribution in [1.29, 1.82) is 0 Å². The van der Waals surface area contributed by atoms with Crippen molar-refractivity contribution >= 4 is 11.6 Å². The minimum Gasteiger partial charge on any atom is -0.497 e. The lowest BCUT2D eigenvalue weighted by molar-refractivity contribution is -0.145. The molecule has 0 radical (unpaired) electrons. The first-order chi connectivity index (χ1) is 8.94. The van der Waals surface area contributed by atoms with Gasteiger partial charge in [-0.15, -0.1) is 11.6 Å². The number of benzene rings is 1. The molecule has 1 aromatic rings. The maximum Gasteiger partial charge on any atom is 0.401 e. The summed E-state index contributed by atoms with van der Waals surface area (Å²) in [5.74, 6) is 0.926. The van der Waals surface area contributed by atoms with Crippen LogP contribution in [0.4, 0.5) is 13.2 Å². The molecule has 0 saturated carbocycles. The van der Waals surface area contributed by atoms with Crippen LogP contribution in [0.5, 0.6) is 5.75 Å². The van der Waals surface area contributed by atoms with Crippen LogP contribution in [0.2, 0.25) is 0 Å². The van der Waals surface area contributed by atoms with E-state index in [4.69, 9.17) is 16.3 Å². The fourth-order valence-electron chi connectivity index (χ4n) is 1.72. The number of nitrogens with zero attached hydrogens (tertiary/aromatic N) is 1. The maximum atomic E-state index is 12.4. The molecule has 0 aliphatic carbocycles. The van der Waals surface area contributed by atoms with Crippen LogP contribution in [0.25, 0.3) is 0 Å². The minimum atomic E-state index is -4.19. The SMILES string of the molecule is COc1ccc(CCN(CCCl)CC(F)(F)F)cc1. The molecule has 0 amide bonds. The van der Waals surface area contributed by atoms with Gasteiger partial charge in [0.1, 0.15) is 5.75 Å². The lowest BCUT2D eigenvalue weighted by atomic mass is 10.1. The largest absolute Gasteiger partial charge is 0.497 e. The number of halogens is 4. The van der Waals surface area contributed by atoms with Gasteiger partial charge in [0.15, 0.2) is 0 Å². The van der Waals surface area contributed by atoms with Crippen LogP contribution < -0.4 is 4.74 Å². The fraction of sp³-hybridized carbons (Fsp3) is 0.538. The molecule has 0 fully saturated rings. The van der Waals surface area contributed by atoms with E-state index in [2.05, 4.69) is 0 Å². The molecular weight excluding hydrogens is 279 g/mol. The van der Waals surface area contributed by atoms with Gasteiger partial charge in [-0.2, -0.15) is 13.2 Å². The Labute approximate surface area is 116 Å². The van der Waals surface area contributed by atoms with E-state index < -0.39 is 12.7 Å². The summed E-state index contributed by atoms with van der Waals surface area (Å²) >= 11 is 5.52. The number of ether oxygens (including phenoxy) is 1. The monoisotopic (exact) mass is 295 g/mol. The van der Waals surface area contributed by atoms with Gasteiger partial charge in [0.2, 0.25) is 0 Å². The zero-order valence-electron chi connectivity index (χ0n) is 10.7. The Kier molecular flexibility index (Phi) is 6.45. The quantitative estimate of drug-likeness (QED) is 0.715. The molecule has 0 saturated heterocycles. The average molecular weight is 296 g/mol. The first-order valence-electron chi connectivity index (χ1n) is 5.92. The van der Waals surface area contributed by atoms with Gasteiger partial charge >= 0.3 is 6.18 Å². The number of hydrogen-bond acceptors (Lipinski definition) is 2. The summed E-state index contributed by atoms with van der Waals surface area (Å²) in [5, 5.41) is 0. The van der Waals surface area contributed by atoms with Gasteiger partial charge in [0, 0.05) is 19.0 Å². The van der Waals surface area contributed by atoms with Crippen molar-refractivity contribution in [3.05, 3.63) is 29.8 Å².